The van der Waals surface area contributed by atoms with Crippen molar-refractivity contribution in [3.8, 4) is 0 Å². The first-order chi connectivity index (χ1) is 9.72. The Morgan fingerprint density at radius 3 is 2.80 bits per heavy atom. The molecule has 20 heavy (non-hydrogen) atoms. The molecule has 0 amide bonds. The quantitative estimate of drug-likeness (QED) is 0.878. The molecule has 3 nitrogen and oxygen atoms in total. The molecular weight excluding hydrogens is 246 g/mol. The van der Waals surface area contributed by atoms with Gasteiger partial charge in [-0.15, -0.1) is 0 Å². The van der Waals surface area contributed by atoms with Gasteiger partial charge < -0.3 is 15.6 Å². The predicted octanol–water partition coefficient (Wildman–Crippen LogP) is 2.90. The first-order valence-electron chi connectivity index (χ1n) is 7.90. The summed E-state index contributed by atoms with van der Waals surface area (Å²) in [4.78, 5) is 6.18. The lowest BCUT2D eigenvalue weighted by Gasteiger charge is -2.40. The second-order valence-corrected chi connectivity index (χ2v) is 7.07. The molecule has 4 heterocycles. The smallest absolute Gasteiger partial charge is 0.110 e. The Balaban J connectivity index is 1.65. The van der Waals surface area contributed by atoms with Gasteiger partial charge in [-0.1, -0.05) is 6.07 Å². The van der Waals surface area contributed by atoms with Gasteiger partial charge in [0.25, 0.3) is 0 Å². The Morgan fingerprint density at radius 2 is 2.05 bits per heavy atom. The number of aromatic amines is 1. The van der Waals surface area contributed by atoms with Gasteiger partial charge in [0.1, 0.15) is 5.82 Å². The van der Waals surface area contributed by atoms with Crippen molar-refractivity contribution >= 4 is 16.7 Å². The minimum absolute atomic E-state index is 0.104. The van der Waals surface area contributed by atoms with Crippen molar-refractivity contribution in [2.24, 2.45) is 5.73 Å². The monoisotopic (exact) mass is 267 g/mol. The van der Waals surface area contributed by atoms with Crippen LogP contribution in [0.25, 0.3) is 10.9 Å². The molecule has 4 aliphatic rings. The molecule has 6 rings (SSSR count). The molecule has 1 saturated heterocycles. The Hall–Kier alpha value is -1.48. The predicted molar refractivity (Wildman–Crippen MR) is 82.3 cm³/mol. The number of hydrogen-bond donors (Lipinski definition) is 2. The van der Waals surface area contributed by atoms with Gasteiger partial charge in [0, 0.05) is 35.1 Å². The highest BCUT2D eigenvalue weighted by molar-refractivity contribution is 5.91. The summed E-state index contributed by atoms with van der Waals surface area (Å²) in [6.45, 7) is 2.45. The van der Waals surface area contributed by atoms with Crippen molar-refractivity contribution in [2.75, 3.05) is 18.0 Å². The summed E-state index contributed by atoms with van der Waals surface area (Å²) in [5.74, 6) is 2.17. The van der Waals surface area contributed by atoms with E-state index in [4.69, 9.17) is 5.73 Å². The van der Waals surface area contributed by atoms with Crippen molar-refractivity contribution in [3.63, 3.8) is 0 Å². The molecule has 104 valence electrons. The average molecular weight is 267 g/mol. The molecule has 1 aromatic heterocycles. The van der Waals surface area contributed by atoms with Crippen LogP contribution in [0.5, 0.6) is 0 Å². The summed E-state index contributed by atoms with van der Waals surface area (Å²) in [5.41, 5.74) is 10.7. The van der Waals surface area contributed by atoms with Crippen molar-refractivity contribution in [1.29, 1.82) is 0 Å². The lowest BCUT2D eigenvalue weighted by Crippen LogP contribution is -2.38. The normalized spacial score (nSPS) is 23.4. The summed E-state index contributed by atoms with van der Waals surface area (Å²) in [5, 5.41) is 1.45. The molecule has 1 aromatic carbocycles. The highest BCUT2D eigenvalue weighted by Gasteiger charge is 2.38. The molecular formula is C17H21N3. The molecule has 2 aromatic rings. The minimum atomic E-state index is 0.104. The van der Waals surface area contributed by atoms with Gasteiger partial charge in [-0.25, -0.2) is 0 Å². The van der Waals surface area contributed by atoms with Crippen LogP contribution in [-0.2, 0) is 6.42 Å². The molecule has 2 bridgehead atoms. The van der Waals surface area contributed by atoms with Crippen LogP contribution in [0.15, 0.2) is 18.2 Å². The maximum absolute atomic E-state index is 6.28. The van der Waals surface area contributed by atoms with Crippen molar-refractivity contribution < 1.29 is 0 Å². The van der Waals surface area contributed by atoms with Gasteiger partial charge in [-0.2, -0.15) is 0 Å². The Morgan fingerprint density at radius 1 is 1.25 bits per heavy atom. The fraction of sp³-hybridized carbons (Fsp3) is 0.529. The first-order valence-corrected chi connectivity index (χ1v) is 7.90. The Labute approximate surface area is 119 Å². The van der Waals surface area contributed by atoms with Crippen molar-refractivity contribution in [2.45, 2.75) is 43.6 Å². The fourth-order valence-corrected chi connectivity index (χ4v) is 4.15. The van der Waals surface area contributed by atoms with E-state index in [1.165, 1.54) is 61.1 Å². The maximum atomic E-state index is 6.28. The number of nitrogens with two attached hydrogens (primary N) is 1. The minimum Gasteiger partial charge on any atom is -0.358 e. The van der Waals surface area contributed by atoms with E-state index in [0.29, 0.717) is 0 Å². The third-order valence-corrected chi connectivity index (χ3v) is 5.55. The molecule has 0 radical (unpaired) electrons. The fourth-order valence-electron chi connectivity index (χ4n) is 4.15. The van der Waals surface area contributed by atoms with E-state index in [2.05, 4.69) is 28.1 Å². The van der Waals surface area contributed by atoms with Crippen LogP contribution >= 0.6 is 0 Å². The number of nitrogens with one attached hydrogen (secondary N) is 1. The summed E-state index contributed by atoms with van der Waals surface area (Å²) in [6.07, 6.45) is 6.06. The number of H-pyrrole nitrogens is 1. The highest BCUT2D eigenvalue weighted by atomic mass is 15.2. The van der Waals surface area contributed by atoms with Gasteiger partial charge in [-0.05, 0) is 55.7 Å². The number of hydrogen-bond acceptors (Lipinski definition) is 2. The van der Waals surface area contributed by atoms with E-state index in [1.807, 2.05) is 0 Å². The van der Waals surface area contributed by atoms with E-state index >= 15 is 0 Å². The standard InChI is InChI=1S/C17H21N3/c18-17(5-6-17)10-11-1-2-14-13(9-11)15-12-3-7-20(8-4-12)16(15)19-14/h1-2,9,12,19H,3-8,10,18H2. The van der Waals surface area contributed by atoms with E-state index in [1.54, 1.807) is 5.56 Å². The molecule has 1 saturated carbocycles. The molecule has 3 heteroatoms. The lowest BCUT2D eigenvalue weighted by atomic mass is 9.84. The topological polar surface area (TPSA) is 45.1 Å². The van der Waals surface area contributed by atoms with Gasteiger partial charge in [0.05, 0.1) is 0 Å². The van der Waals surface area contributed by atoms with E-state index in [9.17, 15) is 0 Å². The summed E-state index contributed by atoms with van der Waals surface area (Å²) >= 11 is 0. The van der Waals surface area contributed by atoms with E-state index in [-0.39, 0.29) is 5.54 Å². The lowest BCUT2D eigenvalue weighted by molar-refractivity contribution is 0.475. The summed E-state index contributed by atoms with van der Waals surface area (Å²) < 4.78 is 0. The zero-order valence-electron chi connectivity index (χ0n) is 11.8. The molecule has 3 N–H and O–H groups in total. The van der Waals surface area contributed by atoms with E-state index < -0.39 is 0 Å². The molecule has 0 unspecified atom stereocenters. The van der Waals surface area contributed by atoms with Crippen LogP contribution in [0, 0.1) is 0 Å². The van der Waals surface area contributed by atoms with Crippen molar-refractivity contribution in [3.05, 3.63) is 29.3 Å². The second kappa shape index (κ2) is 3.59. The Kier molecular flexibility index (Phi) is 2.01. The van der Waals surface area contributed by atoms with Gasteiger partial charge >= 0.3 is 0 Å². The number of benzene rings is 1. The Bertz CT molecular complexity index is 688. The number of aromatic nitrogens is 1. The zero-order chi connectivity index (χ0) is 13.3. The summed E-state index contributed by atoms with van der Waals surface area (Å²) in [7, 11) is 0. The largest absolute Gasteiger partial charge is 0.358 e. The van der Waals surface area contributed by atoms with E-state index in [0.717, 1.165) is 12.3 Å². The van der Waals surface area contributed by atoms with Crippen molar-refractivity contribution in [1.82, 2.24) is 4.98 Å². The number of nitrogens with zero attached hydrogens (tertiary/aromatic N) is 1. The maximum Gasteiger partial charge on any atom is 0.110 e. The molecule has 0 spiro atoms. The molecule has 3 aliphatic heterocycles. The van der Waals surface area contributed by atoms with Crippen LogP contribution < -0.4 is 10.6 Å². The first kappa shape index (κ1) is 11.2. The molecule has 1 aliphatic carbocycles. The van der Waals surface area contributed by atoms with Crippen LogP contribution in [0.3, 0.4) is 0 Å². The van der Waals surface area contributed by atoms with Crippen LogP contribution in [0.4, 0.5) is 5.82 Å². The van der Waals surface area contributed by atoms with Crippen LogP contribution in [-0.4, -0.2) is 23.6 Å². The zero-order valence-corrected chi connectivity index (χ0v) is 11.8. The molecule has 0 atom stereocenters. The second-order valence-electron chi connectivity index (χ2n) is 7.07. The number of piperidine rings is 1. The SMILES string of the molecule is NC1(Cc2ccc3[nH]c4c(c3c2)C2CCN4CC2)CC1. The molecule has 2 fully saturated rings. The summed E-state index contributed by atoms with van der Waals surface area (Å²) in [6, 6.07) is 6.92. The van der Waals surface area contributed by atoms with Gasteiger partial charge in [-0.3, -0.25) is 0 Å². The third kappa shape index (κ3) is 1.50. The van der Waals surface area contributed by atoms with Crippen LogP contribution in [0.1, 0.15) is 42.7 Å². The average Bonchev–Trinajstić information content (AvgIpc) is 3.05. The third-order valence-electron chi connectivity index (χ3n) is 5.55. The number of rotatable bonds is 2. The van der Waals surface area contributed by atoms with Gasteiger partial charge in [0.15, 0.2) is 0 Å². The number of fused-ring (bicyclic) bond motifs is 3. The van der Waals surface area contributed by atoms with Gasteiger partial charge in [0.2, 0.25) is 0 Å². The number of anilines is 1. The van der Waals surface area contributed by atoms with Crippen LogP contribution in [0.2, 0.25) is 0 Å². The highest BCUT2D eigenvalue weighted by Crippen LogP contribution is 2.46.